The second-order valence-corrected chi connectivity index (χ2v) is 9.11. The number of carbonyl (C=O) groups excluding carboxylic acids is 1. The average Bonchev–Trinajstić information content (AvgIpc) is 3.20. The van der Waals surface area contributed by atoms with E-state index in [4.69, 9.17) is 16.6 Å². The van der Waals surface area contributed by atoms with Gasteiger partial charge in [-0.3, -0.25) is 9.36 Å². The number of carbonyl (C=O) groups is 1. The number of anilines is 1. The van der Waals surface area contributed by atoms with Crippen molar-refractivity contribution < 1.29 is 4.79 Å². The summed E-state index contributed by atoms with van der Waals surface area (Å²) in [7, 11) is 0. The number of aromatic nitrogens is 2. The lowest BCUT2D eigenvalue weighted by Gasteiger charge is -2.12. The number of nitrogens with one attached hydrogen (secondary N) is 1. The average molecular weight is 462 g/mol. The van der Waals surface area contributed by atoms with Crippen LogP contribution in [-0.4, -0.2) is 21.2 Å². The molecule has 1 N–H and O–H groups in total. The number of rotatable bonds is 6. The predicted octanol–water partition coefficient (Wildman–Crippen LogP) is 6.85. The Hall–Kier alpha value is -3.02. The highest BCUT2D eigenvalue weighted by Crippen LogP contribution is 2.30. The summed E-state index contributed by atoms with van der Waals surface area (Å²) >= 11 is 7.48. The van der Waals surface area contributed by atoms with Gasteiger partial charge < -0.3 is 5.32 Å². The normalized spacial score (nSPS) is 10.9. The molecule has 3 aromatic carbocycles. The fourth-order valence-electron chi connectivity index (χ4n) is 3.41. The van der Waals surface area contributed by atoms with Crippen LogP contribution >= 0.6 is 23.4 Å². The van der Waals surface area contributed by atoms with Crippen molar-refractivity contribution in [2.75, 3.05) is 11.1 Å². The molecule has 1 amide bonds. The lowest BCUT2D eigenvalue weighted by molar-refractivity contribution is -0.113. The number of thioether (sulfide) groups is 1. The summed E-state index contributed by atoms with van der Waals surface area (Å²) in [6.45, 7) is 6.13. The molecule has 0 aliphatic carbocycles. The first kappa shape index (κ1) is 22.2. The van der Waals surface area contributed by atoms with Crippen LogP contribution in [0.25, 0.3) is 16.9 Å². The molecule has 0 aliphatic rings. The van der Waals surface area contributed by atoms with E-state index in [-0.39, 0.29) is 11.7 Å². The molecular weight excluding hydrogens is 438 g/mol. The Morgan fingerprint density at radius 3 is 2.50 bits per heavy atom. The van der Waals surface area contributed by atoms with Gasteiger partial charge in [0.1, 0.15) is 0 Å². The van der Waals surface area contributed by atoms with Gasteiger partial charge in [-0.2, -0.15) is 0 Å². The smallest absolute Gasteiger partial charge is 0.234 e. The maximum Gasteiger partial charge on any atom is 0.234 e. The first-order chi connectivity index (χ1) is 15.4. The largest absolute Gasteiger partial charge is 0.325 e. The van der Waals surface area contributed by atoms with Crippen molar-refractivity contribution in [1.82, 2.24) is 9.55 Å². The lowest BCUT2D eigenvalue weighted by atomic mass is 10.1. The molecule has 32 heavy (non-hydrogen) atoms. The van der Waals surface area contributed by atoms with Gasteiger partial charge in [-0.1, -0.05) is 65.8 Å². The maximum absolute atomic E-state index is 12.6. The van der Waals surface area contributed by atoms with E-state index >= 15 is 0 Å². The summed E-state index contributed by atoms with van der Waals surface area (Å²) in [4.78, 5) is 17.5. The van der Waals surface area contributed by atoms with Crippen LogP contribution in [0.1, 0.15) is 16.7 Å². The summed E-state index contributed by atoms with van der Waals surface area (Å²) in [6, 6.07) is 21.7. The van der Waals surface area contributed by atoms with Gasteiger partial charge >= 0.3 is 0 Å². The van der Waals surface area contributed by atoms with Crippen LogP contribution in [0, 0.1) is 20.8 Å². The third-order valence-electron chi connectivity index (χ3n) is 5.19. The van der Waals surface area contributed by atoms with Crippen molar-refractivity contribution in [3.8, 4) is 16.9 Å². The number of para-hydroxylation sites is 1. The summed E-state index contributed by atoms with van der Waals surface area (Å²) in [6.07, 6.45) is 2.02. The van der Waals surface area contributed by atoms with E-state index in [0.717, 1.165) is 38.9 Å². The van der Waals surface area contributed by atoms with E-state index in [1.54, 1.807) is 0 Å². The Kier molecular flexibility index (Phi) is 6.68. The highest BCUT2D eigenvalue weighted by molar-refractivity contribution is 7.99. The van der Waals surface area contributed by atoms with E-state index in [1.165, 1.54) is 17.3 Å². The summed E-state index contributed by atoms with van der Waals surface area (Å²) < 4.78 is 2.07. The zero-order valence-corrected chi connectivity index (χ0v) is 19.8. The molecule has 6 heteroatoms. The zero-order chi connectivity index (χ0) is 22.7. The highest BCUT2D eigenvalue weighted by atomic mass is 35.5. The molecule has 162 valence electrons. The van der Waals surface area contributed by atoms with Gasteiger partial charge in [-0.25, -0.2) is 4.98 Å². The number of aryl methyl sites for hydroxylation is 3. The van der Waals surface area contributed by atoms with E-state index in [1.807, 2.05) is 61.7 Å². The minimum atomic E-state index is -0.0622. The monoisotopic (exact) mass is 461 g/mol. The predicted molar refractivity (Wildman–Crippen MR) is 134 cm³/mol. The molecule has 4 aromatic rings. The van der Waals surface area contributed by atoms with Gasteiger partial charge in [0.2, 0.25) is 5.91 Å². The van der Waals surface area contributed by atoms with E-state index in [9.17, 15) is 4.79 Å². The van der Waals surface area contributed by atoms with Gasteiger partial charge in [0.05, 0.1) is 17.1 Å². The zero-order valence-electron chi connectivity index (χ0n) is 18.2. The number of hydrogen-bond donors (Lipinski definition) is 1. The molecule has 0 saturated carbocycles. The van der Waals surface area contributed by atoms with Crippen LogP contribution in [0.3, 0.4) is 0 Å². The van der Waals surface area contributed by atoms with Crippen LogP contribution in [-0.2, 0) is 4.79 Å². The van der Waals surface area contributed by atoms with Crippen molar-refractivity contribution >= 4 is 35.0 Å². The highest BCUT2D eigenvalue weighted by Gasteiger charge is 2.15. The Labute approximate surface area is 197 Å². The van der Waals surface area contributed by atoms with Crippen LogP contribution in [0.15, 0.2) is 78.1 Å². The van der Waals surface area contributed by atoms with Gasteiger partial charge in [-0.15, -0.1) is 0 Å². The lowest BCUT2D eigenvalue weighted by Crippen LogP contribution is -2.15. The minimum absolute atomic E-state index is 0.0622. The van der Waals surface area contributed by atoms with Crippen LogP contribution in [0.4, 0.5) is 5.69 Å². The summed E-state index contributed by atoms with van der Waals surface area (Å²) in [5.74, 6) is 0.198. The molecule has 0 bridgehead atoms. The Bertz CT molecular complexity index is 1260. The number of imidazole rings is 1. The minimum Gasteiger partial charge on any atom is -0.325 e. The molecule has 0 radical (unpaired) electrons. The number of amides is 1. The van der Waals surface area contributed by atoms with Crippen LogP contribution in [0.5, 0.6) is 0 Å². The number of benzene rings is 3. The van der Waals surface area contributed by atoms with Gasteiger partial charge in [0.25, 0.3) is 0 Å². The maximum atomic E-state index is 12.6. The molecule has 1 heterocycles. The van der Waals surface area contributed by atoms with Gasteiger partial charge in [-0.05, 0) is 61.7 Å². The Balaban J connectivity index is 1.63. The standard InChI is InChI=1S/C26H24ClN3OS/c1-17-8-9-19(3)24(14-17)30-15-23(20-10-12-21(27)13-11-20)29-26(30)32-16-25(31)28-22-7-5-4-6-18(22)2/h4-15H,16H2,1-3H3,(H,28,31). The molecule has 4 rings (SSSR count). The molecule has 0 spiro atoms. The van der Waals surface area contributed by atoms with Crippen molar-refractivity contribution in [3.63, 3.8) is 0 Å². The first-order valence-electron chi connectivity index (χ1n) is 10.3. The molecule has 0 unspecified atom stereocenters. The van der Waals surface area contributed by atoms with E-state index in [0.29, 0.717) is 5.02 Å². The second-order valence-electron chi connectivity index (χ2n) is 7.73. The van der Waals surface area contributed by atoms with E-state index < -0.39 is 0 Å². The van der Waals surface area contributed by atoms with Crippen molar-refractivity contribution in [2.45, 2.75) is 25.9 Å². The fourth-order valence-corrected chi connectivity index (χ4v) is 4.32. The van der Waals surface area contributed by atoms with Crippen molar-refractivity contribution in [3.05, 3.63) is 94.6 Å². The molecule has 1 aromatic heterocycles. The van der Waals surface area contributed by atoms with Crippen LogP contribution < -0.4 is 5.32 Å². The number of nitrogens with zero attached hydrogens (tertiary/aromatic N) is 2. The fraction of sp³-hybridized carbons (Fsp3) is 0.154. The number of halogens is 1. The quantitative estimate of drug-likeness (QED) is 0.319. The van der Waals surface area contributed by atoms with Crippen molar-refractivity contribution in [1.29, 1.82) is 0 Å². The SMILES string of the molecule is Cc1ccc(C)c(-n2cc(-c3ccc(Cl)cc3)nc2SCC(=O)Nc2ccccc2C)c1. The summed E-state index contributed by atoms with van der Waals surface area (Å²) in [5.41, 5.74) is 7.04. The van der Waals surface area contributed by atoms with Crippen LogP contribution in [0.2, 0.25) is 5.02 Å². The Morgan fingerprint density at radius 1 is 1.00 bits per heavy atom. The summed E-state index contributed by atoms with van der Waals surface area (Å²) in [5, 5.41) is 4.45. The molecule has 0 fully saturated rings. The molecule has 4 nitrogen and oxygen atoms in total. The molecule has 0 aliphatic heterocycles. The topological polar surface area (TPSA) is 46.9 Å². The third kappa shape index (κ3) is 5.06. The molecular formula is C26H24ClN3OS. The molecule has 0 atom stereocenters. The van der Waals surface area contributed by atoms with Crippen molar-refractivity contribution in [2.24, 2.45) is 0 Å². The van der Waals surface area contributed by atoms with Gasteiger partial charge in [0, 0.05) is 22.5 Å². The number of hydrogen-bond acceptors (Lipinski definition) is 3. The second kappa shape index (κ2) is 9.63. The van der Waals surface area contributed by atoms with E-state index in [2.05, 4.69) is 41.9 Å². The molecule has 0 saturated heterocycles. The Morgan fingerprint density at radius 2 is 1.75 bits per heavy atom. The first-order valence-corrected chi connectivity index (χ1v) is 11.7. The van der Waals surface area contributed by atoms with Gasteiger partial charge in [0.15, 0.2) is 5.16 Å². The third-order valence-corrected chi connectivity index (χ3v) is 6.39.